The standard InChI is InChI=1S/C16H25NO2/c1-3-4-5-6-8-13(2)17-16(19)12-14-9-7-10-15(18)11-14/h7,9-11,13,18H,3-6,8,12H2,1-2H3,(H,17,19). The van der Waals surface area contributed by atoms with Gasteiger partial charge in [0.15, 0.2) is 0 Å². The summed E-state index contributed by atoms with van der Waals surface area (Å²) in [7, 11) is 0. The minimum Gasteiger partial charge on any atom is -0.508 e. The number of hydrogen-bond donors (Lipinski definition) is 2. The average Bonchev–Trinajstić information content (AvgIpc) is 2.34. The molecule has 3 heteroatoms. The van der Waals surface area contributed by atoms with E-state index >= 15 is 0 Å². The Balaban J connectivity index is 2.26. The molecule has 0 aliphatic carbocycles. The van der Waals surface area contributed by atoms with E-state index in [2.05, 4.69) is 12.2 Å². The van der Waals surface area contributed by atoms with Crippen molar-refractivity contribution in [2.45, 2.75) is 58.4 Å². The maximum atomic E-state index is 11.8. The molecule has 1 aromatic rings. The van der Waals surface area contributed by atoms with E-state index in [1.807, 2.05) is 13.0 Å². The molecule has 19 heavy (non-hydrogen) atoms. The topological polar surface area (TPSA) is 49.3 Å². The fourth-order valence-electron chi connectivity index (χ4n) is 2.13. The maximum absolute atomic E-state index is 11.8. The molecule has 0 aliphatic heterocycles. The number of carbonyl (C=O) groups excluding carboxylic acids is 1. The minimum absolute atomic E-state index is 0.0218. The summed E-state index contributed by atoms with van der Waals surface area (Å²) in [6, 6.07) is 7.07. The lowest BCUT2D eigenvalue weighted by Gasteiger charge is -2.13. The zero-order chi connectivity index (χ0) is 14.1. The molecular weight excluding hydrogens is 238 g/mol. The Morgan fingerprint density at radius 1 is 1.32 bits per heavy atom. The first-order valence-corrected chi connectivity index (χ1v) is 7.19. The molecule has 1 atom stereocenters. The van der Waals surface area contributed by atoms with Crippen LogP contribution in [-0.2, 0) is 11.2 Å². The zero-order valence-electron chi connectivity index (χ0n) is 12.0. The third kappa shape index (κ3) is 6.85. The maximum Gasteiger partial charge on any atom is 0.224 e. The highest BCUT2D eigenvalue weighted by Crippen LogP contribution is 2.11. The van der Waals surface area contributed by atoms with Crippen molar-refractivity contribution >= 4 is 5.91 Å². The van der Waals surface area contributed by atoms with Crippen molar-refractivity contribution in [3.05, 3.63) is 29.8 Å². The number of nitrogens with one attached hydrogen (secondary N) is 1. The summed E-state index contributed by atoms with van der Waals surface area (Å²) < 4.78 is 0. The van der Waals surface area contributed by atoms with Crippen LogP contribution in [0.25, 0.3) is 0 Å². The van der Waals surface area contributed by atoms with Gasteiger partial charge in [0.25, 0.3) is 0 Å². The van der Waals surface area contributed by atoms with E-state index < -0.39 is 0 Å². The van der Waals surface area contributed by atoms with E-state index in [9.17, 15) is 9.90 Å². The van der Waals surface area contributed by atoms with Gasteiger partial charge in [0.05, 0.1) is 6.42 Å². The van der Waals surface area contributed by atoms with Crippen LogP contribution in [0.15, 0.2) is 24.3 Å². The van der Waals surface area contributed by atoms with Gasteiger partial charge in [-0.1, -0.05) is 44.7 Å². The Labute approximate surface area is 116 Å². The molecule has 1 amide bonds. The second kappa shape index (κ2) is 8.57. The van der Waals surface area contributed by atoms with Crippen LogP contribution in [-0.4, -0.2) is 17.1 Å². The van der Waals surface area contributed by atoms with Gasteiger partial charge in [0, 0.05) is 6.04 Å². The Morgan fingerprint density at radius 3 is 2.79 bits per heavy atom. The van der Waals surface area contributed by atoms with Crippen molar-refractivity contribution < 1.29 is 9.90 Å². The van der Waals surface area contributed by atoms with Gasteiger partial charge in [-0.15, -0.1) is 0 Å². The first-order valence-electron chi connectivity index (χ1n) is 7.19. The Bertz CT molecular complexity index is 390. The number of amides is 1. The number of benzene rings is 1. The van der Waals surface area contributed by atoms with Crippen LogP contribution < -0.4 is 5.32 Å². The highest BCUT2D eigenvalue weighted by atomic mass is 16.3. The second-order valence-corrected chi connectivity index (χ2v) is 5.16. The van der Waals surface area contributed by atoms with E-state index in [-0.39, 0.29) is 17.7 Å². The molecule has 0 radical (unpaired) electrons. The molecule has 106 valence electrons. The zero-order valence-corrected chi connectivity index (χ0v) is 12.0. The molecule has 0 aromatic heterocycles. The Hall–Kier alpha value is -1.51. The summed E-state index contributed by atoms with van der Waals surface area (Å²) in [6.45, 7) is 4.24. The predicted octanol–water partition coefficient (Wildman–Crippen LogP) is 3.41. The van der Waals surface area contributed by atoms with Gasteiger partial charge in [-0.2, -0.15) is 0 Å². The van der Waals surface area contributed by atoms with Crippen LogP contribution in [0.3, 0.4) is 0 Å². The summed E-state index contributed by atoms with van der Waals surface area (Å²) in [5, 5.41) is 12.3. The highest BCUT2D eigenvalue weighted by Gasteiger charge is 2.08. The van der Waals surface area contributed by atoms with Crippen LogP contribution in [0.4, 0.5) is 0 Å². The van der Waals surface area contributed by atoms with Gasteiger partial charge in [0.1, 0.15) is 5.75 Å². The molecule has 3 nitrogen and oxygen atoms in total. The Morgan fingerprint density at radius 2 is 2.11 bits per heavy atom. The quantitative estimate of drug-likeness (QED) is 0.706. The smallest absolute Gasteiger partial charge is 0.224 e. The minimum atomic E-state index is 0.0218. The van der Waals surface area contributed by atoms with Crippen molar-refractivity contribution in [2.24, 2.45) is 0 Å². The third-order valence-electron chi connectivity index (χ3n) is 3.17. The van der Waals surface area contributed by atoms with Crippen LogP contribution in [0.5, 0.6) is 5.75 Å². The largest absolute Gasteiger partial charge is 0.508 e. The molecule has 1 aromatic carbocycles. The van der Waals surface area contributed by atoms with E-state index in [0.29, 0.717) is 6.42 Å². The van der Waals surface area contributed by atoms with Crippen molar-refractivity contribution in [2.75, 3.05) is 0 Å². The molecule has 0 aliphatic rings. The molecule has 1 unspecified atom stereocenters. The number of rotatable bonds is 8. The van der Waals surface area contributed by atoms with Crippen LogP contribution in [0.2, 0.25) is 0 Å². The fourth-order valence-corrected chi connectivity index (χ4v) is 2.13. The van der Waals surface area contributed by atoms with Crippen molar-refractivity contribution in [3.8, 4) is 5.75 Å². The molecule has 1 rings (SSSR count). The number of carbonyl (C=O) groups is 1. The Kier molecular flexibility index (Phi) is 7.01. The van der Waals surface area contributed by atoms with Gasteiger partial charge in [-0.3, -0.25) is 4.79 Å². The van der Waals surface area contributed by atoms with E-state index in [0.717, 1.165) is 12.0 Å². The summed E-state index contributed by atoms with van der Waals surface area (Å²) in [6.07, 6.45) is 6.27. The second-order valence-electron chi connectivity index (χ2n) is 5.16. The van der Waals surface area contributed by atoms with Gasteiger partial charge in [-0.25, -0.2) is 0 Å². The fraction of sp³-hybridized carbons (Fsp3) is 0.562. The number of phenols is 1. The summed E-state index contributed by atoms with van der Waals surface area (Å²) in [5.41, 5.74) is 0.843. The van der Waals surface area contributed by atoms with Gasteiger partial charge in [0.2, 0.25) is 5.91 Å². The van der Waals surface area contributed by atoms with Crippen LogP contribution in [0.1, 0.15) is 51.5 Å². The first-order chi connectivity index (χ1) is 9.11. The van der Waals surface area contributed by atoms with Gasteiger partial charge < -0.3 is 10.4 Å². The van der Waals surface area contributed by atoms with Crippen LogP contribution >= 0.6 is 0 Å². The predicted molar refractivity (Wildman–Crippen MR) is 78.2 cm³/mol. The molecule has 0 saturated heterocycles. The molecular formula is C16H25NO2. The van der Waals surface area contributed by atoms with Crippen molar-refractivity contribution in [3.63, 3.8) is 0 Å². The normalized spacial score (nSPS) is 12.1. The lowest BCUT2D eigenvalue weighted by molar-refractivity contribution is -0.121. The SMILES string of the molecule is CCCCCCC(C)NC(=O)Cc1cccc(O)c1. The van der Waals surface area contributed by atoms with Gasteiger partial charge in [-0.05, 0) is 31.0 Å². The summed E-state index contributed by atoms with van der Waals surface area (Å²) >= 11 is 0. The molecule has 0 fully saturated rings. The number of hydrogen-bond acceptors (Lipinski definition) is 2. The van der Waals surface area contributed by atoms with E-state index in [1.165, 1.54) is 25.7 Å². The van der Waals surface area contributed by atoms with Gasteiger partial charge >= 0.3 is 0 Å². The summed E-state index contributed by atoms with van der Waals surface area (Å²) in [4.78, 5) is 11.8. The van der Waals surface area contributed by atoms with Crippen molar-refractivity contribution in [1.29, 1.82) is 0 Å². The molecule has 2 N–H and O–H groups in total. The number of unbranched alkanes of at least 4 members (excludes halogenated alkanes) is 3. The van der Waals surface area contributed by atoms with E-state index in [4.69, 9.17) is 0 Å². The number of phenolic OH excluding ortho intramolecular Hbond substituents is 1. The highest BCUT2D eigenvalue weighted by molar-refractivity contribution is 5.78. The molecule has 0 bridgehead atoms. The lowest BCUT2D eigenvalue weighted by atomic mass is 10.1. The average molecular weight is 263 g/mol. The lowest BCUT2D eigenvalue weighted by Crippen LogP contribution is -2.33. The van der Waals surface area contributed by atoms with Crippen LogP contribution in [0, 0.1) is 0 Å². The number of aromatic hydroxyl groups is 1. The first kappa shape index (κ1) is 15.5. The summed E-state index contributed by atoms with van der Waals surface area (Å²) in [5.74, 6) is 0.228. The molecule has 0 saturated carbocycles. The monoisotopic (exact) mass is 263 g/mol. The third-order valence-corrected chi connectivity index (χ3v) is 3.17. The molecule has 0 spiro atoms. The molecule has 0 heterocycles. The van der Waals surface area contributed by atoms with E-state index in [1.54, 1.807) is 18.2 Å². The van der Waals surface area contributed by atoms with Crippen molar-refractivity contribution in [1.82, 2.24) is 5.32 Å².